The van der Waals surface area contributed by atoms with Gasteiger partial charge in [0.15, 0.2) is 11.7 Å². The maximum atomic E-state index is 12.1. The van der Waals surface area contributed by atoms with Gasteiger partial charge in [0.25, 0.3) is 0 Å². The number of nitriles is 1. The standard InChI is InChI=1S/C12H10Cl2N2O2/c1-16(2)12(18)9(6-15)11(17)8-5-7(13)3-4-10(8)14/h3-5,9H,1-2H3. The lowest BCUT2D eigenvalue weighted by Gasteiger charge is -2.14. The van der Waals surface area contributed by atoms with Crippen molar-refractivity contribution < 1.29 is 9.59 Å². The number of benzene rings is 1. The summed E-state index contributed by atoms with van der Waals surface area (Å²) >= 11 is 11.6. The zero-order valence-corrected chi connectivity index (χ0v) is 11.3. The highest BCUT2D eigenvalue weighted by Crippen LogP contribution is 2.23. The van der Waals surface area contributed by atoms with E-state index in [9.17, 15) is 9.59 Å². The summed E-state index contributed by atoms with van der Waals surface area (Å²) in [5.41, 5.74) is 0.0749. The predicted molar refractivity (Wildman–Crippen MR) is 68.6 cm³/mol. The summed E-state index contributed by atoms with van der Waals surface area (Å²) in [7, 11) is 2.94. The molecule has 0 bridgehead atoms. The van der Waals surface area contributed by atoms with Gasteiger partial charge in [-0.1, -0.05) is 23.2 Å². The third kappa shape index (κ3) is 3.00. The molecule has 0 aromatic heterocycles. The predicted octanol–water partition coefficient (Wildman–Crippen LogP) is 2.40. The van der Waals surface area contributed by atoms with Crippen molar-refractivity contribution in [2.24, 2.45) is 5.92 Å². The van der Waals surface area contributed by atoms with Crippen molar-refractivity contribution in [3.63, 3.8) is 0 Å². The van der Waals surface area contributed by atoms with Crippen LogP contribution in [0.25, 0.3) is 0 Å². The monoisotopic (exact) mass is 284 g/mol. The molecular weight excluding hydrogens is 275 g/mol. The van der Waals surface area contributed by atoms with Crippen molar-refractivity contribution in [3.05, 3.63) is 33.8 Å². The summed E-state index contributed by atoms with van der Waals surface area (Å²) in [4.78, 5) is 25.0. The average molecular weight is 285 g/mol. The van der Waals surface area contributed by atoms with Crippen molar-refractivity contribution in [1.82, 2.24) is 4.90 Å². The zero-order valence-electron chi connectivity index (χ0n) is 9.78. The number of carbonyl (C=O) groups excluding carboxylic acids is 2. The Hall–Kier alpha value is -1.57. The van der Waals surface area contributed by atoms with Gasteiger partial charge in [-0.25, -0.2) is 0 Å². The lowest BCUT2D eigenvalue weighted by molar-refractivity contribution is -0.129. The van der Waals surface area contributed by atoms with E-state index < -0.39 is 17.6 Å². The van der Waals surface area contributed by atoms with Gasteiger partial charge in [-0.3, -0.25) is 9.59 Å². The second-order valence-corrected chi connectivity index (χ2v) is 4.63. The van der Waals surface area contributed by atoms with E-state index in [1.54, 1.807) is 6.07 Å². The molecule has 0 aliphatic rings. The number of Topliss-reactive ketones (excluding diaryl/α,β-unsaturated/α-hetero) is 1. The van der Waals surface area contributed by atoms with Gasteiger partial charge in [0.2, 0.25) is 5.91 Å². The Morgan fingerprint density at radius 3 is 2.44 bits per heavy atom. The Bertz CT molecular complexity index is 535. The summed E-state index contributed by atoms with van der Waals surface area (Å²) < 4.78 is 0. The molecule has 6 heteroatoms. The van der Waals surface area contributed by atoms with Crippen molar-refractivity contribution in [2.75, 3.05) is 14.1 Å². The first-order valence-corrected chi connectivity index (χ1v) is 5.74. The molecule has 18 heavy (non-hydrogen) atoms. The van der Waals surface area contributed by atoms with Crippen molar-refractivity contribution in [2.45, 2.75) is 0 Å². The van der Waals surface area contributed by atoms with Gasteiger partial charge in [0.05, 0.1) is 11.1 Å². The number of halogens is 2. The van der Waals surface area contributed by atoms with Crippen LogP contribution in [-0.4, -0.2) is 30.7 Å². The summed E-state index contributed by atoms with van der Waals surface area (Å²) in [6.07, 6.45) is 0. The molecule has 4 nitrogen and oxygen atoms in total. The Morgan fingerprint density at radius 1 is 1.33 bits per heavy atom. The maximum absolute atomic E-state index is 12.1. The van der Waals surface area contributed by atoms with Gasteiger partial charge < -0.3 is 4.90 Å². The van der Waals surface area contributed by atoms with E-state index in [4.69, 9.17) is 28.5 Å². The van der Waals surface area contributed by atoms with E-state index in [0.717, 1.165) is 0 Å². The van der Waals surface area contributed by atoms with Gasteiger partial charge in [-0.2, -0.15) is 5.26 Å². The highest BCUT2D eigenvalue weighted by Gasteiger charge is 2.30. The molecule has 0 aliphatic carbocycles. The molecule has 0 spiro atoms. The number of hydrogen-bond donors (Lipinski definition) is 0. The lowest BCUT2D eigenvalue weighted by Crippen LogP contribution is -2.33. The summed E-state index contributed by atoms with van der Waals surface area (Å²) in [6, 6.07) is 6.01. The molecule has 1 amide bonds. The largest absolute Gasteiger partial charge is 0.347 e. The quantitative estimate of drug-likeness (QED) is 0.633. The highest BCUT2D eigenvalue weighted by atomic mass is 35.5. The molecule has 1 aromatic rings. The van der Waals surface area contributed by atoms with Crippen LogP contribution in [0.1, 0.15) is 10.4 Å². The van der Waals surface area contributed by atoms with E-state index >= 15 is 0 Å². The Balaban J connectivity index is 3.17. The summed E-state index contributed by atoms with van der Waals surface area (Å²) in [5, 5.41) is 9.42. The molecule has 0 heterocycles. The Kier molecular flexibility index (Phi) is 4.71. The summed E-state index contributed by atoms with van der Waals surface area (Å²) in [6.45, 7) is 0. The molecule has 1 aromatic carbocycles. The number of hydrogen-bond acceptors (Lipinski definition) is 3. The van der Waals surface area contributed by atoms with Gasteiger partial charge in [0, 0.05) is 24.7 Å². The van der Waals surface area contributed by atoms with Crippen LogP contribution in [0.15, 0.2) is 18.2 Å². The van der Waals surface area contributed by atoms with E-state index in [-0.39, 0.29) is 10.6 Å². The SMILES string of the molecule is CN(C)C(=O)C(C#N)C(=O)c1cc(Cl)ccc1Cl. The number of ketones is 1. The molecule has 1 unspecified atom stereocenters. The van der Waals surface area contributed by atoms with Crippen LogP contribution in [0.5, 0.6) is 0 Å². The first kappa shape index (κ1) is 14.5. The maximum Gasteiger partial charge on any atom is 0.247 e. The van der Waals surface area contributed by atoms with Crippen LogP contribution in [0.3, 0.4) is 0 Å². The second kappa shape index (κ2) is 5.85. The van der Waals surface area contributed by atoms with Gasteiger partial charge >= 0.3 is 0 Å². The van der Waals surface area contributed by atoms with Gasteiger partial charge in [-0.15, -0.1) is 0 Å². The number of nitrogens with zero attached hydrogens (tertiary/aromatic N) is 2. The minimum Gasteiger partial charge on any atom is -0.347 e. The van der Waals surface area contributed by atoms with Gasteiger partial charge in [-0.05, 0) is 18.2 Å². The zero-order chi connectivity index (χ0) is 13.9. The molecule has 0 fully saturated rings. The molecule has 0 saturated heterocycles. The lowest BCUT2D eigenvalue weighted by atomic mass is 9.97. The molecule has 1 rings (SSSR count). The topological polar surface area (TPSA) is 61.2 Å². The fourth-order valence-corrected chi connectivity index (χ4v) is 1.71. The molecule has 94 valence electrons. The molecule has 0 radical (unpaired) electrons. The molecule has 0 N–H and O–H groups in total. The Morgan fingerprint density at radius 2 is 1.94 bits per heavy atom. The third-order valence-electron chi connectivity index (χ3n) is 2.27. The van der Waals surface area contributed by atoms with E-state index in [0.29, 0.717) is 5.02 Å². The number of amides is 1. The minimum atomic E-state index is -1.41. The second-order valence-electron chi connectivity index (χ2n) is 3.78. The molecular formula is C12H10Cl2N2O2. The van der Waals surface area contributed by atoms with Crippen LogP contribution >= 0.6 is 23.2 Å². The fourth-order valence-electron chi connectivity index (χ4n) is 1.33. The van der Waals surface area contributed by atoms with E-state index in [1.165, 1.54) is 37.2 Å². The van der Waals surface area contributed by atoms with Crippen molar-refractivity contribution >= 4 is 34.9 Å². The van der Waals surface area contributed by atoms with Crippen LogP contribution in [0.2, 0.25) is 10.0 Å². The van der Waals surface area contributed by atoms with Gasteiger partial charge in [0.1, 0.15) is 0 Å². The first-order chi connectivity index (χ1) is 8.38. The smallest absolute Gasteiger partial charge is 0.247 e. The first-order valence-electron chi connectivity index (χ1n) is 4.98. The number of rotatable bonds is 3. The van der Waals surface area contributed by atoms with Crippen molar-refractivity contribution in [3.8, 4) is 6.07 Å². The van der Waals surface area contributed by atoms with Crippen LogP contribution < -0.4 is 0 Å². The molecule has 1 atom stereocenters. The average Bonchev–Trinajstić information content (AvgIpc) is 2.32. The van der Waals surface area contributed by atoms with E-state index in [2.05, 4.69) is 0 Å². The van der Waals surface area contributed by atoms with Crippen LogP contribution in [0, 0.1) is 17.2 Å². The molecule has 0 saturated carbocycles. The number of carbonyl (C=O) groups is 2. The van der Waals surface area contributed by atoms with Crippen LogP contribution in [-0.2, 0) is 4.79 Å². The van der Waals surface area contributed by atoms with Crippen LogP contribution in [0.4, 0.5) is 0 Å². The minimum absolute atomic E-state index is 0.0749. The third-order valence-corrected chi connectivity index (χ3v) is 2.84. The normalized spacial score (nSPS) is 11.5. The highest BCUT2D eigenvalue weighted by molar-refractivity contribution is 6.36. The fraction of sp³-hybridized carbons (Fsp3) is 0.250. The van der Waals surface area contributed by atoms with Crippen molar-refractivity contribution in [1.29, 1.82) is 5.26 Å². The summed E-state index contributed by atoms with van der Waals surface area (Å²) in [5.74, 6) is -2.64. The Labute approximate surface area is 115 Å². The molecule has 0 aliphatic heterocycles. The van der Waals surface area contributed by atoms with E-state index in [1.807, 2.05) is 0 Å².